The highest BCUT2D eigenvalue weighted by Crippen LogP contribution is 2.27. The van der Waals surface area contributed by atoms with Crippen molar-refractivity contribution in [3.63, 3.8) is 0 Å². The lowest BCUT2D eigenvalue weighted by Crippen LogP contribution is -2.16. The van der Waals surface area contributed by atoms with Crippen molar-refractivity contribution in [2.45, 2.75) is 6.92 Å². The monoisotopic (exact) mass is 296 g/mol. The second kappa shape index (κ2) is 4.71. The van der Waals surface area contributed by atoms with Crippen molar-refractivity contribution >= 4 is 38.7 Å². The molecule has 2 rings (SSSR count). The molecular weight excluding hydrogens is 288 g/mol. The minimum absolute atomic E-state index is 0.00894. The third-order valence-electron chi connectivity index (χ3n) is 2.19. The Morgan fingerprint density at radius 3 is 2.82 bits per heavy atom. The van der Waals surface area contributed by atoms with Gasteiger partial charge in [-0.1, -0.05) is 22.0 Å². The van der Waals surface area contributed by atoms with Crippen molar-refractivity contribution in [3.8, 4) is 0 Å². The number of ketones is 1. The Labute approximate surface area is 106 Å². The molecule has 0 aliphatic rings. The summed E-state index contributed by atoms with van der Waals surface area (Å²) in [7, 11) is 0. The van der Waals surface area contributed by atoms with Gasteiger partial charge in [0, 0.05) is 9.86 Å². The second-order valence-corrected chi connectivity index (χ2v) is 4.17. The van der Waals surface area contributed by atoms with Crippen molar-refractivity contribution in [3.05, 3.63) is 34.5 Å². The molecule has 0 saturated carbocycles. The van der Waals surface area contributed by atoms with E-state index in [9.17, 15) is 9.59 Å². The third kappa shape index (κ3) is 2.24. The molecule has 1 aromatic carbocycles. The average molecular weight is 297 g/mol. The van der Waals surface area contributed by atoms with E-state index in [1.54, 1.807) is 19.1 Å². The van der Waals surface area contributed by atoms with E-state index >= 15 is 0 Å². The minimum atomic E-state index is -0.900. The molecule has 0 unspecified atom stereocenters. The largest absolute Gasteiger partial charge is 0.460 e. The van der Waals surface area contributed by atoms with Crippen LogP contribution in [0, 0.1) is 0 Å². The van der Waals surface area contributed by atoms with Gasteiger partial charge in [0.25, 0.3) is 0 Å². The van der Waals surface area contributed by atoms with E-state index in [-0.39, 0.29) is 12.4 Å². The Morgan fingerprint density at radius 2 is 2.18 bits per heavy atom. The number of esters is 1. The third-order valence-corrected chi connectivity index (χ3v) is 2.88. The smallest absolute Gasteiger partial charge is 0.383 e. The van der Waals surface area contributed by atoms with E-state index < -0.39 is 11.8 Å². The number of ether oxygens (including phenoxy) is 1. The fraction of sp³-hybridized carbons (Fsp3) is 0.167. The predicted molar refractivity (Wildman–Crippen MR) is 64.9 cm³/mol. The van der Waals surface area contributed by atoms with Crippen molar-refractivity contribution < 1.29 is 18.7 Å². The number of rotatable bonds is 3. The van der Waals surface area contributed by atoms with Gasteiger partial charge < -0.3 is 9.15 Å². The van der Waals surface area contributed by atoms with Gasteiger partial charge in [-0.05, 0) is 25.1 Å². The first kappa shape index (κ1) is 11.9. The molecule has 2 aromatic rings. The Morgan fingerprint density at radius 1 is 1.41 bits per heavy atom. The molecule has 1 heterocycles. The van der Waals surface area contributed by atoms with Crippen LogP contribution >= 0.6 is 15.9 Å². The summed E-state index contributed by atoms with van der Waals surface area (Å²) >= 11 is 3.34. The quantitative estimate of drug-likeness (QED) is 0.496. The molecule has 0 radical (unpaired) electrons. The number of Topliss-reactive ketones (excluding diaryl/α,β-unsaturated/α-hetero) is 1. The summed E-state index contributed by atoms with van der Waals surface area (Å²) in [6.45, 7) is 1.80. The van der Waals surface area contributed by atoms with E-state index in [0.717, 1.165) is 9.86 Å². The first-order valence-corrected chi connectivity index (χ1v) is 5.82. The number of benzene rings is 1. The van der Waals surface area contributed by atoms with Crippen molar-refractivity contribution in [1.29, 1.82) is 0 Å². The number of hydrogen-bond acceptors (Lipinski definition) is 4. The first-order valence-electron chi connectivity index (χ1n) is 5.03. The molecule has 0 aliphatic carbocycles. The summed E-state index contributed by atoms with van der Waals surface area (Å²) in [5, 5.41) is 0.750. The van der Waals surface area contributed by atoms with Crippen LogP contribution in [0.25, 0.3) is 11.0 Å². The van der Waals surface area contributed by atoms with Crippen LogP contribution in [0.4, 0.5) is 0 Å². The topological polar surface area (TPSA) is 56.5 Å². The van der Waals surface area contributed by atoms with E-state index in [4.69, 9.17) is 4.42 Å². The van der Waals surface area contributed by atoms with Gasteiger partial charge in [0.2, 0.25) is 0 Å². The van der Waals surface area contributed by atoms with Crippen LogP contribution in [-0.2, 0) is 9.53 Å². The maximum Gasteiger partial charge on any atom is 0.383 e. The molecule has 4 nitrogen and oxygen atoms in total. The van der Waals surface area contributed by atoms with Crippen LogP contribution in [-0.4, -0.2) is 18.4 Å². The average Bonchev–Trinajstić information content (AvgIpc) is 2.73. The molecule has 0 bridgehead atoms. The highest BCUT2D eigenvalue weighted by molar-refractivity contribution is 9.10. The lowest BCUT2D eigenvalue weighted by molar-refractivity contribution is -0.137. The van der Waals surface area contributed by atoms with Crippen LogP contribution in [0.1, 0.15) is 17.5 Å². The van der Waals surface area contributed by atoms with Crippen molar-refractivity contribution in [1.82, 2.24) is 0 Å². The Kier molecular flexibility index (Phi) is 3.28. The highest BCUT2D eigenvalue weighted by atomic mass is 79.9. The maximum absolute atomic E-state index is 11.6. The lowest BCUT2D eigenvalue weighted by atomic mass is 10.2. The van der Waals surface area contributed by atoms with Gasteiger partial charge >= 0.3 is 11.8 Å². The van der Waals surface area contributed by atoms with E-state index in [1.807, 2.05) is 6.07 Å². The zero-order valence-electron chi connectivity index (χ0n) is 9.03. The van der Waals surface area contributed by atoms with Crippen molar-refractivity contribution in [2.75, 3.05) is 6.61 Å². The Balaban J connectivity index is 2.40. The van der Waals surface area contributed by atoms with Gasteiger partial charge in [-0.25, -0.2) is 4.79 Å². The molecule has 5 heteroatoms. The maximum atomic E-state index is 11.6. The summed E-state index contributed by atoms with van der Waals surface area (Å²) in [5.41, 5.74) is 0.548. The fourth-order valence-corrected chi connectivity index (χ4v) is 1.90. The molecular formula is C12H9BrO4. The van der Waals surface area contributed by atoms with E-state index in [0.29, 0.717) is 5.58 Å². The lowest BCUT2D eigenvalue weighted by Gasteiger charge is -1.96. The van der Waals surface area contributed by atoms with Crippen LogP contribution in [0.3, 0.4) is 0 Å². The molecule has 0 spiro atoms. The molecule has 0 aliphatic heterocycles. The summed E-state index contributed by atoms with van der Waals surface area (Å²) in [4.78, 5) is 22.9. The molecule has 0 fully saturated rings. The SMILES string of the molecule is CCOC(=O)C(=O)c1cc2c(Br)cccc2o1. The molecule has 88 valence electrons. The molecule has 17 heavy (non-hydrogen) atoms. The number of furan rings is 1. The molecule has 0 atom stereocenters. The number of halogens is 1. The fourth-order valence-electron chi connectivity index (χ4n) is 1.43. The Hall–Kier alpha value is -1.62. The molecule has 0 saturated heterocycles. The second-order valence-electron chi connectivity index (χ2n) is 3.31. The van der Waals surface area contributed by atoms with Crippen LogP contribution < -0.4 is 0 Å². The number of hydrogen-bond donors (Lipinski definition) is 0. The number of carbonyl (C=O) groups excluding carboxylic acids is 2. The highest BCUT2D eigenvalue weighted by Gasteiger charge is 2.22. The van der Waals surface area contributed by atoms with E-state index in [1.165, 1.54) is 6.07 Å². The zero-order valence-corrected chi connectivity index (χ0v) is 10.6. The number of carbonyl (C=O) groups is 2. The van der Waals surface area contributed by atoms with Gasteiger partial charge in [-0.15, -0.1) is 0 Å². The first-order chi connectivity index (χ1) is 8.13. The summed E-state index contributed by atoms with van der Waals surface area (Å²) < 4.78 is 10.7. The van der Waals surface area contributed by atoms with Crippen molar-refractivity contribution in [2.24, 2.45) is 0 Å². The zero-order chi connectivity index (χ0) is 12.4. The summed E-state index contributed by atoms with van der Waals surface area (Å²) in [6, 6.07) is 6.87. The normalized spacial score (nSPS) is 10.5. The van der Waals surface area contributed by atoms with E-state index in [2.05, 4.69) is 20.7 Å². The van der Waals surface area contributed by atoms with Gasteiger partial charge in [0.05, 0.1) is 6.61 Å². The summed E-state index contributed by atoms with van der Waals surface area (Å²) in [6.07, 6.45) is 0. The van der Waals surface area contributed by atoms with Crippen LogP contribution in [0.5, 0.6) is 0 Å². The van der Waals surface area contributed by atoms with Gasteiger partial charge in [0.1, 0.15) is 5.58 Å². The molecule has 1 aromatic heterocycles. The molecule has 0 N–H and O–H groups in total. The number of fused-ring (bicyclic) bond motifs is 1. The van der Waals surface area contributed by atoms with Gasteiger partial charge in [0.15, 0.2) is 5.76 Å². The Bertz CT molecular complexity index is 585. The van der Waals surface area contributed by atoms with Crippen LogP contribution in [0.2, 0.25) is 0 Å². The van der Waals surface area contributed by atoms with Gasteiger partial charge in [-0.3, -0.25) is 4.79 Å². The molecule has 0 amide bonds. The standard InChI is InChI=1S/C12H9BrO4/c1-2-16-12(15)11(14)10-6-7-8(13)4-3-5-9(7)17-10/h3-6H,2H2,1H3. The van der Waals surface area contributed by atoms with Crippen LogP contribution in [0.15, 0.2) is 33.2 Å². The predicted octanol–water partition coefficient (Wildman–Crippen LogP) is 2.94. The minimum Gasteiger partial charge on any atom is -0.460 e. The summed E-state index contributed by atoms with van der Waals surface area (Å²) in [5.74, 6) is -1.68. The van der Waals surface area contributed by atoms with Gasteiger partial charge in [-0.2, -0.15) is 0 Å².